The first-order valence-corrected chi connectivity index (χ1v) is 4.68. The topological polar surface area (TPSA) is 29.1 Å². The highest BCUT2D eigenvalue weighted by atomic mass is 16.1. The molecule has 70 valence electrons. The Kier molecular flexibility index (Phi) is 2.45. The van der Waals surface area contributed by atoms with Crippen LogP contribution in [0.3, 0.4) is 0 Å². The van der Waals surface area contributed by atoms with E-state index in [1.807, 2.05) is 0 Å². The Bertz CT molecular complexity index is 181. The van der Waals surface area contributed by atoms with E-state index in [1.54, 1.807) is 0 Å². The zero-order valence-electron chi connectivity index (χ0n) is 8.48. The van der Waals surface area contributed by atoms with Gasteiger partial charge in [0.15, 0.2) is 0 Å². The van der Waals surface area contributed by atoms with Crippen molar-refractivity contribution in [2.75, 3.05) is 0 Å². The molecule has 0 aromatic heterocycles. The average Bonchev–Trinajstić information content (AvgIpc) is 2.06. The van der Waals surface area contributed by atoms with E-state index < -0.39 is 0 Å². The zero-order valence-corrected chi connectivity index (χ0v) is 8.48. The Labute approximate surface area is 74.7 Å². The lowest BCUT2D eigenvalue weighted by molar-refractivity contribution is -0.119. The minimum absolute atomic E-state index is 0.219. The van der Waals surface area contributed by atoms with E-state index in [9.17, 15) is 4.79 Å². The molecule has 1 amide bonds. The number of nitrogens with one attached hydrogen (secondary N) is 1. The second kappa shape index (κ2) is 3.08. The maximum Gasteiger partial charge on any atom is 0.220 e. The van der Waals surface area contributed by atoms with Gasteiger partial charge in [-0.05, 0) is 24.7 Å². The molecule has 1 rings (SSSR count). The van der Waals surface area contributed by atoms with Gasteiger partial charge in [0.1, 0.15) is 0 Å². The maximum atomic E-state index is 11.0. The Hall–Kier alpha value is -0.530. The third-order valence-electron chi connectivity index (χ3n) is 2.42. The van der Waals surface area contributed by atoms with Crippen LogP contribution in [0.5, 0.6) is 0 Å². The highest BCUT2D eigenvalue weighted by molar-refractivity contribution is 5.78. The van der Waals surface area contributed by atoms with Crippen molar-refractivity contribution in [3.8, 4) is 0 Å². The van der Waals surface area contributed by atoms with Crippen LogP contribution >= 0.6 is 0 Å². The van der Waals surface area contributed by atoms with Crippen molar-refractivity contribution in [1.29, 1.82) is 0 Å². The van der Waals surface area contributed by atoms with Crippen molar-refractivity contribution < 1.29 is 4.79 Å². The lowest BCUT2D eigenvalue weighted by atomic mass is 9.82. The Morgan fingerprint density at radius 2 is 2.08 bits per heavy atom. The summed E-state index contributed by atoms with van der Waals surface area (Å²) in [6.07, 6.45) is 1.85. The van der Waals surface area contributed by atoms with E-state index >= 15 is 0 Å². The molecule has 12 heavy (non-hydrogen) atoms. The van der Waals surface area contributed by atoms with Crippen LogP contribution in [0, 0.1) is 11.3 Å². The Morgan fingerprint density at radius 3 is 2.42 bits per heavy atom. The van der Waals surface area contributed by atoms with Gasteiger partial charge in [0.05, 0.1) is 0 Å². The largest absolute Gasteiger partial charge is 0.353 e. The first-order valence-electron chi connectivity index (χ1n) is 4.68. The van der Waals surface area contributed by atoms with Crippen LogP contribution in [0.2, 0.25) is 0 Å². The highest BCUT2D eigenvalue weighted by Crippen LogP contribution is 2.30. The molecule has 0 radical (unpaired) electrons. The molecule has 2 heteroatoms. The summed E-state index contributed by atoms with van der Waals surface area (Å²) in [6.45, 7) is 8.77. The number of hydrogen-bond donors (Lipinski definition) is 1. The van der Waals surface area contributed by atoms with Crippen LogP contribution in [-0.2, 0) is 4.79 Å². The summed E-state index contributed by atoms with van der Waals surface area (Å²) >= 11 is 0. The summed E-state index contributed by atoms with van der Waals surface area (Å²) in [7, 11) is 0. The highest BCUT2D eigenvalue weighted by Gasteiger charge is 2.31. The molecule has 1 saturated heterocycles. The predicted molar refractivity (Wildman–Crippen MR) is 49.8 cm³/mol. The molecule has 0 saturated carbocycles. The van der Waals surface area contributed by atoms with Crippen LogP contribution in [0.4, 0.5) is 0 Å². The molecule has 1 aliphatic rings. The van der Waals surface area contributed by atoms with Gasteiger partial charge < -0.3 is 5.32 Å². The normalized spacial score (nSPS) is 30.5. The molecule has 1 N–H and O–H groups in total. The SMILES string of the molecule is CC1NC(=O)CC1CC(C)(C)C. The molecule has 2 unspecified atom stereocenters. The first-order chi connectivity index (χ1) is 5.38. The van der Waals surface area contributed by atoms with E-state index in [4.69, 9.17) is 0 Å². The first kappa shape index (κ1) is 9.56. The van der Waals surface area contributed by atoms with Crippen molar-refractivity contribution in [3.63, 3.8) is 0 Å². The van der Waals surface area contributed by atoms with Gasteiger partial charge in [-0.3, -0.25) is 4.79 Å². The van der Waals surface area contributed by atoms with Crippen LogP contribution in [0.15, 0.2) is 0 Å². The molecule has 1 heterocycles. The molecular formula is C10H19NO. The summed E-state index contributed by atoms with van der Waals surface area (Å²) < 4.78 is 0. The summed E-state index contributed by atoms with van der Waals surface area (Å²) in [4.78, 5) is 11.0. The smallest absolute Gasteiger partial charge is 0.220 e. The molecule has 0 aromatic rings. The molecule has 0 aliphatic carbocycles. The molecule has 2 atom stereocenters. The summed E-state index contributed by atoms with van der Waals surface area (Å²) in [5, 5.41) is 2.95. The van der Waals surface area contributed by atoms with Crippen LogP contribution in [-0.4, -0.2) is 11.9 Å². The second-order valence-corrected chi connectivity index (χ2v) is 5.09. The predicted octanol–water partition coefficient (Wildman–Crippen LogP) is 1.95. The quantitative estimate of drug-likeness (QED) is 0.638. The van der Waals surface area contributed by atoms with Gasteiger partial charge in [-0.25, -0.2) is 0 Å². The van der Waals surface area contributed by atoms with E-state index in [0.29, 0.717) is 17.4 Å². The summed E-state index contributed by atoms with van der Waals surface area (Å²) in [6, 6.07) is 0.372. The van der Waals surface area contributed by atoms with Crippen molar-refractivity contribution in [2.24, 2.45) is 11.3 Å². The van der Waals surface area contributed by atoms with E-state index in [0.717, 1.165) is 12.8 Å². The number of carbonyl (C=O) groups is 1. The standard InChI is InChI=1S/C10H19NO/c1-7-8(5-9(12)11-7)6-10(2,3)4/h7-8H,5-6H2,1-4H3,(H,11,12). The fourth-order valence-electron chi connectivity index (χ4n) is 1.88. The number of amides is 1. The van der Waals surface area contributed by atoms with Gasteiger partial charge in [-0.15, -0.1) is 0 Å². The number of carbonyl (C=O) groups excluding carboxylic acids is 1. The number of rotatable bonds is 1. The summed E-state index contributed by atoms with van der Waals surface area (Å²) in [5.41, 5.74) is 0.339. The van der Waals surface area contributed by atoms with Crippen molar-refractivity contribution in [2.45, 2.75) is 46.6 Å². The monoisotopic (exact) mass is 169 g/mol. The second-order valence-electron chi connectivity index (χ2n) is 5.09. The van der Waals surface area contributed by atoms with Gasteiger partial charge in [0.2, 0.25) is 5.91 Å². The average molecular weight is 169 g/mol. The molecule has 2 nitrogen and oxygen atoms in total. The van der Waals surface area contributed by atoms with E-state index in [-0.39, 0.29) is 5.91 Å². The van der Waals surface area contributed by atoms with Gasteiger partial charge >= 0.3 is 0 Å². The van der Waals surface area contributed by atoms with E-state index in [2.05, 4.69) is 33.0 Å². The molecular weight excluding hydrogens is 150 g/mol. The minimum atomic E-state index is 0.219. The van der Waals surface area contributed by atoms with Crippen LogP contribution < -0.4 is 5.32 Å². The molecule has 0 spiro atoms. The zero-order chi connectivity index (χ0) is 9.35. The van der Waals surface area contributed by atoms with Gasteiger partial charge in [-0.1, -0.05) is 20.8 Å². The van der Waals surface area contributed by atoms with Gasteiger partial charge in [0.25, 0.3) is 0 Å². The lowest BCUT2D eigenvalue weighted by Gasteiger charge is -2.24. The third kappa shape index (κ3) is 2.50. The number of hydrogen-bond acceptors (Lipinski definition) is 1. The maximum absolute atomic E-state index is 11.0. The van der Waals surface area contributed by atoms with Crippen LogP contribution in [0.25, 0.3) is 0 Å². The Balaban J connectivity index is 2.48. The van der Waals surface area contributed by atoms with Gasteiger partial charge in [0, 0.05) is 12.5 Å². The lowest BCUT2D eigenvalue weighted by Crippen LogP contribution is -2.27. The summed E-state index contributed by atoms with van der Waals surface area (Å²) in [5.74, 6) is 0.759. The molecule has 1 aliphatic heterocycles. The van der Waals surface area contributed by atoms with Gasteiger partial charge in [-0.2, -0.15) is 0 Å². The van der Waals surface area contributed by atoms with Crippen molar-refractivity contribution >= 4 is 5.91 Å². The van der Waals surface area contributed by atoms with Crippen LogP contribution in [0.1, 0.15) is 40.5 Å². The minimum Gasteiger partial charge on any atom is -0.353 e. The molecule has 0 aromatic carbocycles. The molecule has 1 fully saturated rings. The fraction of sp³-hybridized carbons (Fsp3) is 0.900. The molecule has 0 bridgehead atoms. The van der Waals surface area contributed by atoms with Crippen molar-refractivity contribution in [1.82, 2.24) is 5.32 Å². The Morgan fingerprint density at radius 1 is 1.50 bits per heavy atom. The van der Waals surface area contributed by atoms with Crippen molar-refractivity contribution in [3.05, 3.63) is 0 Å². The fourth-order valence-corrected chi connectivity index (χ4v) is 1.88. The van der Waals surface area contributed by atoms with E-state index in [1.165, 1.54) is 0 Å². The third-order valence-corrected chi connectivity index (χ3v) is 2.42.